The van der Waals surface area contributed by atoms with Gasteiger partial charge in [0.15, 0.2) is 0 Å². The summed E-state index contributed by atoms with van der Waals surface area (Å²) in [6, 6.07) is 10.1. The number of nitrogens with zero attached hydrogens (tertiary/aromatic N) is 7. The first kappa shape index (κ1) is 28.2. The van der Waals surface area contributed by atoms with E-state index < -0.39 is 5.41 Å². The van der Waals surface area contributed by atoms with Gasteiger partial charge in [-0.05, 0) is 24.3 Å². The third-order valence-corrected chi connectivity index (χ3v) is 7.21. The number of aromatic nitrogens is 5. The van der Waals surface area contributed by atoms with Crippen molar-refractivity contribution < 1.29 is 9.59 Å². The third kappa shape index (κ3) is 6.10. The van der Waals surface area contributed by atoms with E-state index in [1.165, 1.54) is 45.2 Å². The molecule has 0 atom stereocenters. The standard InChI is InChI=1S/C27H30ClN7O3S/c1-27(2,3)26(38)35-23(33(6)14-17-7-9-22(28)39-17)13-19(31-35)25-20(32(4)5)8-10-24(37)34(25)15-21(36)18-11-12-29-16-30-18/h7-13,16H,14-15H2,1-6H3. The lowest BCUT2D eigenvalue weighted by molar-refractivity contribution is 0.0750. The van der Waals surface area contributed by atoms with Gasteiger partial charge < -0.3 is 9.80 Å². The molecule has 0 radical (unpaired) electrons. The molecule has 0 saturated carbocycles. The van der Waals surface area contributed by atoms with Crippen LogP contribution in [0.4, 0.5) is 11.5 Å². The van der Waals surface area contributed by atoms with E-state index >= 15 is 0 Å². The summed E-state index contributed by atoms with van der Waals surface area (Å²) in [6.45, 7) is 5.71. The number of ketones is 1. The highest BCUT2D eigenvalue weighted by Gasteiger charge is 2.30. The van der Waals surface area contributed by atoms with E-state index in [1.807, 2.05) is 63.8 Å². The van der Waals surface area contributed by atoms with Crippen LogP contribution in [0.3, 0.4) is 0 Å². The number of anilines is 2. The second-order valence-corrected chi connectivity index (χ2v) is 12.1. The summed E-state index contributed by atoms with van der Waals surface area (Å²) < 4.78 is 3.42. The summed E-state index contributed by atoms with van der Waals surface area (Å²) in [5.74, 6) is -0.0222. The van der Waals surface area contributed by atoms with Crippen molar-refractivity contribution >= 4 is 46.1 Å². The second kappa shape index (κ2) is 11.1. The zero-order chi connectivity index (χ0) is 28.5. The fourth-order valence-electron chi connectivity index (χ4n) is 4.01. The van der Waals surface area contributed by atoms with Crippen LogP contribution in [0.1, 0.15) is 40.9 Å². The summed E-state index contributed by atoms with van der Waals surface area (Å²) in [4.78, 5) is 52.4. The third-order valence-electron chi connectivity index (χ3n) is 5.99. The zero-order valence-corrected chi connectivity index (χ0v) is 24.2. The second-order valence-electron chi connectivity index (χ2n) is 10.3. The summed E-state index contributed by atoms with van der Waals surface area (Å²) >= 11 is 7.59. The number of Topliss-reactive ketones (excluding diaryl/α,β-unsaturated/α-hetero) is 1. The highest BCUT2D eigenvalue weighted by atomic mass is 35.5. The Bertz CT molecular complexity index is 1570. The molecule has 0 spiro atoms. The Morgan fingerprint density at radius 2 is 1.82 bits per heavy atom. The molecular weight excluding hydrogens is 538 g/mol. The molecule has 0 aromatic carbocycles. The average molecular weight is 568 g/mol. The van der Waals surface area contributed by atoms with Crippen LogP contribution >= 0.6 is 22.9 Å². The zero-order valence-electron chi connectivity index (χ0n) is 22.7. The highest BCUT2D eigenvalue weighted by molar-refractivity contribution is 7.16. The molecule has 204 valence electrons. The summed E-state index contributed by atoms with van der Waals surface area (Å²) in [6.07, 6.45) is 2.76. The molecule has 0 saturated heterocycles. The Kier molecular flexibility index (Phi) is 8.03. The normalized spacial score (nSPS) is 11.5. The number of halogens is 1. The van der Waals surface area contributed by atoms with Crippen LogP contribution in [0.5, 0.6) is 0 Å². The molecule has 0 N–H and O–H groups in total. The number of carbonyl (C=O) groups is 2. The maximum absolute atomic E-state index is 13.5. The van der Waals surface area contributed by atoms with Gasteiger partial charge in [0.05, 0.1) is 28.8 Å². The van der Waals surface area contributed by atoms with E-state index in [4.69, 9.17) is 16.7 Å². The van der Waals surface area contributed by atoms with E-state index in [0.29, 0.717) is 33.8 Å². The maximum Gasteiger partial charge on any atom is 0.254 e. The van der Waals surface area contributed by atoms with E-state index in [2.05, 4.69) is 9.97 Å². The van der Waals surface area contributed by atoms with Crippen molar-refractivity contribution in [2.75, 3.05) is 30.9 Å². The molecule has 0 fully saturated rings. The molecule has 0 bridgehead atoms. The molecule has 39 heavy (non-hydrogen) atoms. The number of hydrogen-bond donors (Lipinski definition) is 0. The van der Waals surface area contributed by atoms with Crippen molar-refractivity contribution in [3.05, 3.63) is 74.2 Å². The van der Waals surface area contributed by atoms with Gasteiger partial charge in [0.2, 0.25) is 5.78 Å². The number of thiophene rings is 1. The lowest BCUT2D eigenvalue weighted by atomic mass is 9.96. The maximum atomic E-state index is 13.5. The van der Waals surface area contributed by atoms with Crippen molar-refractivity contribution in [3.8, 4) is 11.4 Å². The summed E-state index contributed by atoms with van der Waals surface area (Å²) in [5.41, 5.74) is 0.561. The predicted octanol–water partition coefficient (Wildman–Crippen LogP) is 4.49. The van der Waals surface area contributed by atoms with Crippen LogP contribution in [0.25, 0.3) is 11.4 Å². The fourth-order valence-corrected chi connectivity index (χ4v) is 5.15. The van der Waals surface area contributed by atoms with Gasteiger partial charge >= 0.3 is 0 Å². The summed E-state index contributed by atoms with van der Waals surface area (Å²) in [5, 5.41) is 4.72. The van der Waals surface area contributed by atoms with Crippen LogP contribution in [-0.2, 0) is 13.1 Å². The van der Waals surface area contributed by atoms with Gasteiger partial charge in [-0.3, -0.25) is 19.0 Å². The number of rotatable bonds is 8. The molecule has 4 aromatic heterocycles. The minimum absolute atomic E-state index is 0.196. The first-order chi connectivity index (χ1) is 18.4. The predicted molar refractivity (Wildman–Crippen MR) is 154 cm³/mol. The van der Waals surface area contributed by atoms with E-state index in [-0.39, 0.29) is 29.5 Å². The van der Waals surface area contributed by atoms with Crippen LogP contribution in [0, 0.1) is 5.41 Å². The van der Waals surface area contributed by atoms with Gasteiger partial charge in [0.25, 0.3) is 11.5 Å². The van der Waals surface area contributed by atoms with Gasteiger partial charge in [0, 0.05) is 49.8 Å². The molecular formula is C27H30ClN7O3S. The summed E-state index contributed by atoms with van der Waals surface area (Å²) in [7, 11) is 5.54. The minimum Gasteiger partial charge on any atom is -0.376 e. The number of pyridine rings is 1. The van der Waals surface area contributed by atoms with Crippen molar-refractivity contribution in [2.45, 2.75) is 33.9 Å². The molecule has 4 rings (SSSR count). The molecule has 4 heterocycles. The average Bonchev–Trinajstić information content (AvgIpc) is 3.50. The van der Waals surface area contributed by atoms with Gasteiger partial charge in [-0.1, -0.05) is 32.4 Å². The molecule has 0 amide bonds. The lowest BCUT2D eigenvalue weighted by Crippen LogP contribution is -2.31. The Labute approximate surface area is 235 Å². The van der Waals surface area contributed by atoms with E-state index in [9.17, 15) is 14.4 Å². The minimum atomic E-state index is -0.727. The van der Waals surface area contributed by atoms with Crippen molar-refractivity contribution in [3.63, 3.8) is 0 Å². The largest absolute Gasteiger partial charge is 0.376 e. The molecule has 0 aliphatic rings. The molecule has 0 unspecified atom stereocenters. The highest BCUT2D eigenvalue weighted by Crippen LogP contribution is 2.33. The Morgan fingerprint density at radius 1 is 1.08 bits per heavy atom. The SMILES string of the molecule is CN(C)c1ccc(=O)n(CC(=O)c2ccncn2)c1-c1cc(N(C)Cc2ccc(Cl)s2)n(C(=O)C(C)(C)C)n1. The topological polar surface area (TPSA) is 106 Å². The van der Waals surface area contributed by atoms with Gasteiger partial charge in [0.1, 0.15) is 23.5 Å². The molecule has 4 aromatic rings. The van der Waals surface area contributed by atoms with Crippen molar-refractivity contribution in [1.29, 1.82) is 0 Å². The van der Waals surface area contributed by atoms with Crippen LogP contribution in [0.15, 0.2) is 53.7 Å². The van der Waals surface area contributed by atoms with Crippen molar-refractivity contribution in [1.82, 2.24) is 24.3 Å². The molecule has 0 aliphatic carbocycles. The molecule has 10 nitrogen and oxygen atoms in total. The Balaban J connectivity index is 1.88. The van der Waals surface area contributed by atoms with Crippen LogP contribution in [0.2, 0.25) is 4.34 Å². The number of carbonyl (C=O) groups excluding carboxylic acids is 2. The Morgan fingerprint density at radius 3 is 2.41 bits per heavy atom. The lowest BCUT2D eigenvalue weighted by Gasteiger charge is -2.22. The molecule has 0 aliphatic heterocycles. The quantitative estimate of drug-likeness (QED) is 0.287. The van der Waals surface area contributed by atoms with Crippen LogP contribution < -0.4 is 15.4 Å². The fraction of sp³-hybridized carbons (Fsp3) is 0.333. The monoisotopic (exact) mass is 567 g/mol. The van der Waals surface area contributed by atoms with Gasteiger partial charge in [-0.2, -0.15) is 9.78 Å². The van der Waals surface area contributed by atoms with Crippen LogP contribution in [-0.4, -0.2) is 57.1 Å². The Hall–Kier alpha value is -3.83. The number of hydrogen-bond acceptors (Lipinski definition) is 9. The van der Waals surface area contributed by atoms with E-state index in [1.54, 1.807) is 12.1 Å². The van der Waals surface area contributed by atoms with E-state index in [0.717, 1.165) is 4.88 Å². The smallest absolute Gasteiger partial charge is 0.254 e. The van der Waals surface area contributed by atoms with Gasteiger partial charge in [-0.25, -0.2) is 9.97 Å². The van der Waals surface area contributed by atoms with Gasteiger partial charge in [-0.15, -0.1) is 11.3 Å². The molecule has 12 heteroatoms. The first-order valence-corrected chi connectivity index (χ1v) is 13.4. The van der Waals surface area contributed by atoms with Crippen molar-refractivity contribution in [2.24, 2.45) is 5.41 Å². The first-order valence-electron chi connectivity index (χ1n) is 12.2.